The fourth-order valence-corrected chi connectivity index (χ4v) is 1.84. The van der Waals surface area contributed by atoms with Crippen LogP contribution in [0.3, 0.4) is 0 Å². The van der Waals surface area contributed by atoms with Gasteiger partial charge >= 0.3 is 0 Å². The highest BCUT2D eigenvalue weighted by Gasteiger charge is 2.22. The monoisotopic (exact) mass is 237 g/mol. The van der Waals surface area contributed by atoms with Gasteiger partial charge in [0.05, 0.1) is 4.92 Å². The minimum absolute atomic E-state index is 0. The maximum absolute atomic E-state index is 10.8. The van der Waals surface area contributed by atoms with Crippen molar-refractivity contribution in [3.63, 3.8) is 0 Å². The highest BCUT2D eigenvalue weighted by molar-refractivity contribution is 8.13. The van der Waals surface area contributed by atoms with E-state index in [1.165, 1.54) is 12.1 Å². The van der Waals surface area contributed by atoms with E-state index in [1.54, 1.807) is 0 Å². The first kappa shape index (κ1) is 12.9. The maximum atomic E-state index is 10.8. The molecule has 0 saturated carbocycles. The Labute approximate surface area is 85.9 Å². The number of rotatable bonds is 2. The predicted octanol–water partition coefficient (Wildman–Crippen LogP) is 2.16. The van der Waals surface area contributed by atoms with E-state index < -0.39 is 24.6 Å². The van der Waals surface area contributed by atoms with Gasteiger partial charge < -0.3 is 0 Å². The molecule has 0 saturated heterocycles. The van der Waals surface area contributed by atoms with Crippen LogP contribution in [0.2, 0.25) is 0 Å². The van der Waals surface area contributed by atoms with Crippen LogP contribution in [0.5, 0.6) is 0 Å². The van der Waals surface area contributed by atoms with Crippen molar-refractivity contribution in [3.05, 3.63) is 34.4 Å². The maximum Gasteiger partial charge on any atom is 0.289 e. The van der Waals surface area contributed by atoms with E-state index >= 15 is 0 Å². The van der Waals surface area contributed by atoms with Gasteiger partial charge in [0.2, 0.25) is 0 Å². The average Bonchev–Trinajstić information content (AvgIpc) is 2.03. The van der Waals surface area contributed by atoms with Gasteiger partial charge in [0.25, 0.3) is 14.7 Å². The third kappa shape index (κ3) is 2.68. The van der Waals surface area contributed by atoms with Gasteiger partial charge in [-0.2, -0.15) is 0 Å². The first-order valence-corrected chi connectivity index (χ1v) is 5.42. The van der Waals surface area contributed by atoms with Gasteiger partial charge in [-0.1, -0.05) is 19.6 Å². The standard InChI is InChI=1S/C6H4ClNO4S.CH4/c7-13(11,12)6-4-2-1-3-5(6)8(9)10;/h1-4H;1H4. The molecule has 0 spiro atoms. The molecule has 1 aromatic carbocycles. The van der Waals surface area contributed by atoms with Gasteiger partial charge in [-0.15, -0.1) is 0 Å². The lowest BCUT2D eigenvalue weighted by Gasteiger charge is -1.96. The molecular formula is C7H8ClNO4S. The van der Waals surface area contributed by atoms with Crippen molar-refractivity contribution in [1.29, 1.82) is 0 Å². The molecule has 0 aromatic heterocycles. The fraction of sp³-hybridized carbons (Fsp3) is 0.143. The number of nitro benzene ring substituents is 1. The first-order chi connectivity index (χ1) is 5.93. The number of halogens is 1. The molecule has 7 heteroatoms. The fourth-order valence-electron chi connectivity index (χ4n) is 0.814. The Balaban J connectivity index is 0.00000169. The van der Waals surface area contributed by atoms with Crippen LogP contribution in [0.1, 0.15) is 7.43 Å². The second-order valence-electron chi connectivity index (χ2n) is 2.16. The zero-order valence-electron chi connectivity index (χ0n) is 6.18. The molecule has 14 heavy (non-hydrogen) atoms. The lowest BCUT2D eigenvalue weighted by molar-refractivity contribution is -0.387. The molecule has 5 nitrogen and oxygen atoms in total. The van der Waals surface area contributed by atoms with Crippen molar-refractivity contribution < 1.29 is 13.3 Å². The summed E-state index contributed by atoms with van der Waals surface area (Å²) in [6.45, 7) is 0. The molecule has 0 N–H and O–H groups in total. The summed E-state index contributed by atoms with van der Waals surface area (Å²) in [5, 5.41) is 10.4. The summed E-state index contributed by atoms with van der Waals surface area (Å²) in [5.74, 6) is 0. The van der Waals surface area contributed by atoms with E-state index in [9.17, 15) is 18.5 Å². The van der Waals surface area contributed by atoms with E-state index in [1.807, 2.05) is 0 Å². The van der Waals surface area contributed by atoms with Crippen LogP contribution < -0.4 is 0 Å². The normalized spacial score (nSPS) is 10.4. The zero-order valence-corrected chi connectivity index (χ0v) is 7.75. The number of hydrogen-bond acceptors (Lipinski definition) is 4. The highest BCUT2D eigenvalue weighted by atomic mass is 35.7. The summed E-state index contributed by atoms with van der Waals surface area (Å²) in [5.41, 5.74) is -0.516. The van der Waals surface area contributed by atoms with Gasteiger partial charge in [-0.3, -0.25) is 10.1 Å². The molecule has 0 aliphatic carbocycles. The molecule has 0 heterocycles. The highest BCUT2D eigenvalue weighted by Crippen LogP contribution is 2.25. The van der Waals surface area contributed by atoms with E-state index in [-0.39, 0.29) is 7.43 Å². The zero-order chi connectivity index (χ0) is 10.1. The van der Waals surface area contributed by atoms with Crippen LogP contribution in [0.25, 0.3) is 0 Å². The minimum Gasteiger partial charge on any atom is -0.258 e. The quantitative estimate of drug-likeness (QED) is 0.449. The van der Waals surface area contributed by atoms with Crippen molar-refractivity contribution in [2.75, 3.05) is 0 Å². The first-order valence-electron chi connectivity index (χ1n) is 3.11. The van der Waals surface area contributed by atoms with Crippen molar-refractivity contribution in [1.82, 2.24) is 0 Å². The van der Waals surface area contributed by atoms with Crippen molar-refractivity contribution in [3.8, 4) is 0 Å². The largest absolute Gasteiger partial charge is 0.289 e. The molecule has 0 aliphatic rings. The third-order valence-electron chi connectivity index (χ3n) is 1.32. The Morgan fingerprint density at radius 1 is 1.29 bits per heavy atom. The molecule has 0 atom stereocenters. The summed E-state index contributed by atoms with van der Waals surface area (Å²) in [7, 11) is 0.928. The summed E-state index contributed by atoms with van der Waals surface area (Å²) < 4.78 is 21.6. The molecule has 1 rings (SSSR count). The van der Waals surface area contributed by atoms with Crippen LogP contribution in [0.15, 0.2) is 29.2 Å². The van der Waals surface area contributed by atoms with E-state index in [0.29, 0.717) is 0 Å². The van der Waals surface area contributed by atoms with Gasteiger partial charge in [0, 0.05) is 16.7 Å². The van der Waals surface area contributed by atoms with Gasteiger partial charge in [0.15, 0.2) is 4.90 Å². The smallest absolute Gasteiger partial charge is 0.258 e. The summed E-state index contributed by atoms with van der Waals surface area (Å²) in [6, 6.07) is 4.89. The molecule has 0 aliphatic heterocycles. The lowest BCUT2D eigenvalue weighted by Crippen LogP contribution is -1.97. The number of nitrogens with zero attached hydrogens (tertiary/aromatic N) is 1. The number of para-hydroxylation sites is 1. The van der Waals surface area contributed by atoms with Gasteiger partial charge in [0.1, 0.15) is 0 Å². The Hall–Kier alpha value is -1.14. The molecule has 1 aromatic rings. The van der Waals surface area contributed by atoms with Gasteiger partial charge in [-0.25, -0.2) is 8.42 Å². The second-order valence-corrected chi connectivity index (χ2v) is 4.70. The van der Waals surface area contributed by atoms with Gasteiger partial charge in [-0.05, 0) is 6.07 Å². The average molecular weight is 238 g/mol. The Morgan fingerprint density at radius 2 is 1.79 bits per heavy atom. The van der Waals surface area contributed by atoms with Crippen molar-refractivity contribution in [2.45, 2.75) is 12.3 Å². The Bertz CT molecular complexity index is 443. The van der Waals surface area contributed by atoms with Crippen LogP contribution >= 0.6 is 10.7 Å². The minimum atomic E-state index is -4.05. The third-order valence-corrected chi connectivity index (χ3v) is 2.69. The topological polar surface area (TPSA) is 77.3 Å². The number of nitro groups is 1. The molecule has 0 amide bonds. The molecule has 0 unspecified atom stereocenters. The summed E-state index contributed by atoms with van der Waals surface area (Å²) >= 11 is 0. The number of hydrogen-bond donors (Lipinski definition) is 0. The Kier molecular flexibility index (Phi) is 4.03. The Morgan fingerprint density at radius 3 is 2.14 bits per heavy atom. The molecule has 78 valence electrons. The van der Waals surface area contributed by atoms with Crippen LogP contribution in [0.4, 0.5) is 5.69 Å². The van der Waals surface area contributed by atoms with E-state index in [4.69, 9.17) is 10.7 Å². The van der Waals surface area contributed by atoms with Crippen LogP contribution in [-0.2, 0) is 9.05 Å². The molecule has 0 bridgehead atoms. The van der Waals surface area contributed by atoms with Crippen molar-refractivity contribution >= 4 is 25.4 Å². The summed E-state index contributed by atoms with van der Waals surface area (Å²) in [4.78, 5) is 9.07. The number of benzene rings is 1. The molecular weight excluding hydrogens is 230 g/mol. The molecule has 0 fully saturated rings. The van der Waals surface area contributed by atoms with E-state index in [2.05, 4.69) is 0 Å². The second kappa shape index (κ2) is 4.39. The predicted molar refractivity (Wildman–Crippen MR) is 52.9 cm³/mol. The van der Waals surface area contributed by atoms with Crippen LogP contribution in [-0.4, -0.2) is 13.3 Å². The lowest BCUT2D eigenvalue weighted by atomic mass is 10.3. The SMILES string of the molecule is C.O=[N+]([O-])c1ccccc1S(=O)(=O)Cl. The van der Waals surface area contributed by atoms with Crippen LogP contribution in [0, 0.1) is 10.1 Å². The summed E-state index contributed by atoms with van der Waals surface area (Å²) in [6.07, 6.45) is 0. The van der Waals surface area contributed by atoms with Crippen molar-refractivity contribution in [2.24, 2.45) is 0 Å². The van der Waals surface area contributed by atoms with E-state index in [0.717, 1.165) is 12.1 Å². The molecule has 0 radical (unpaired) electrons.